The number of rotatable bonds is 6. The molecule has 0 aromatic rings. The molecule has 0 aromatic heterocycles. The molecule has 0 spiro atoms. The normalized spacial score (nSPS) is 41.6. The van der Waals surface area contributed by atoms with Gasteiger partial charge in [-0.1, -0.05) is 32.4 Å². The second kappa shape index (κ2) is 9.06. The van der Waals surface area contributed by atoms with E-state index in [0.717, 1.165) is 11.8 Å². The summed E-state index contributed by atoms with van der Waals surface area (Å²) < 4.78 is 40.2. The highest BCUT2D eigenvalue weighted by Crippen LogP contribution is 2.68. The van der Waals surface area contributed by atoms with Crippen LogP contribution < -0.4 is 0 Å². The third kappa shape index (κ3) is 4.15. The van der Waals surface area contributed by atoms with Crippen LogP contribution >= 0.6 is 0 Å². The maximum absolute atomic E-state index is 13.4. The molecule has 0 aliphatic heterocycles. The first-order valence-electron chi connectivity index (χ1n) is 12.5. The van der Waals surface area contributed by atoms with E-state index in [1.165, 1.54) is 6.08 Å². The second-order valence-corrected chi connectivity index (χ2v) is 12.9. The molecule has 200 valence electrons. The maximum atomic E-state index is 13.4. The number of hydrogen-bond donors (Lipinski definition) is 1. The van der Waals surface area contributed by atoms with Gasteiger partial charge in [0, 0.05) is 16.7 Å². The first kappa shape index (κ1) is 27.0. The van der Waals surface area contributed by atoms with Gasteiger partial charge in [0.25, 0.3) is 10.1 Å². The van der Waals surface area contributed by atoms with E-state index in [1.807, 2.05) is 26.8 Å². The van der Waals surface area contributed by atoms with Crippen LogP contribution in [0.25, 0.3) is 0 Å². The number of aliphatic hydroxyl groups is 1. The van der Waals surface area contributed by atoms with Gasteiger partial charge in [-0.3, -0.25) is 13.8 Å². The van der Waals surface area contributed by atoms with Crippen LogP contribution in [0.2, 0.25) is 0 Å². The highest BCUT2D eigenvalue weighted by Gasteiger charge is 2.71. The third-order valence-electron chi connectivity index (χ3n) is 9.36. The Balaban J connectivity index is 1.74. The minimum Gasteiger partial charge on any atom is -0.435 e. The lowest BCUT2D eigenvalue weighted by atomic mass is 9.46. The van der Waals surface area contributed by atoms with E-state index in [0.29, 0.717) is 19.3 Å². The lowest BCUT2D eigenvalue weighted by Gasteiger charge is -2.60. The highest BCUT2D eigenvalue weighted by atomic mass is 32.2. The zero-order valence-corrected chi connectivity index (χ0v) is 22.3. The van der Waals surface area contributed by atoms with E-state index in [1.54, 1.807) is 13.0 Å². The van der Waals surface area contributed by atoms with Crippen molar-refractivity contribution >= 4 is 27.8 Å². The van der Waals surface area contributed by atoms with Crippen molar-refractivity contribution in [1.82, 2.24) is 0 Å². The smallest absolute Gasteiger partial charge is 0.435 e. The molecule has 0 saturated heterocycles. The van der Waals surface area contributed by atoms with Crippen LogP contribution in [0.1, 0.15) is 53.4 Å². The molecule has 0 bridgehead atoms. The van der Waals surface area contributed by atoms with Gasteiger partial charge in [-0.05, 0) is 62.5 Å². The average Bonchev–Trinajstić information content (AvgIpc) is 2.98. The Bertz CT molecular complexity index is 1120. The topological polar surface area (TPSA) is 133 Å². The fourth-order valence-electron chi connectivity index (χ4n) is 7.93. The fourth-order valence-corrected chi connectivity index (χ4v) is 8.56. The van der Waals surface area contributed by atoms with Crippen LogP contribution in [0.4, 0.5) is 4.79 Å². The van der Waals surface area contributed by atoms with Crippen molar-refractivity contribution < 1.29 is 41.6 Å². The summed E-state index contributed by atoms with van der Waals surface area (Å²) in [5.74, 6) is -1.57. The first-order valence-corrected chi connectivity index (χ1v) is 14.4. The van der Waals surface area contributed by atoms with Crippen molar-refractivity contribution in [2.24, 2.45) is 34.5 Å². The lowest BCUT2D eigenvalue weighted by molar-refractivity contribution is -0.181. The molecule has 36 heavy (non-hydrogen) atoms. The summed E-state index contributed by atoms with van der Waals surface area (Å²) in [5.41, 5.74) is -2.47. The van der Waals surface area contributed by atoms with Gasteiger partial charge in [0.05, 0.1) is 19.0 Å². The van der Waals surface area contributed by atoms with E-state index in [-0.39, 0.29) is 36.6 Å². The van der Waals surface area contributed by atoms with Crippen molar-refractivity contribution in [3.63, 3.8) is 0 Å². The molecule has 3 saturated carbocycles. The Morgan fingerprint density at radius 1 is 1.22 bits per heavy atom. The van der Waals surface area contributed by atoms with E-state index < -0.39 is 57.1 Å². The minimum atomic E-state index is -3.87. The zero-order valence-electron chi connectivity index (χ0n) is 21.5. The predicted octanol–water partition coefficient (Wildman–Crippen LogP) is 2.97. The second-order valence-electron chi connectivity index (χ2n) is 11.3. The molecule has 3 fully saturated rings. The minimum absolute atomic E-state index is 0.0502. The Labute approximate surface area is 212 Å². The van der Waals surface area contributed by atoms with Gasteiger partial charge in [0.1, 0.15) is 5.60 Å². The summed E-state index contributed by atoms with van der Waals surface area (Å²) >= 11 is 0. The Kier molecular flexibility index (Phi) is 6.80. The summed E-state index contributed by atoms with van der Waals surface area (Å²) in [5, 5.41) is 12.0. The van der Waals surface area contributed by atoms with E-state index >= 15 is 0 Å². The average molecular weight is 525 g/mol. The van der Waals surface area contributed by atoms with Gasteiger partial charge in [0.2, 0.25) is 5.78 Å². The molecule has 0 radical (unpaired) electrons. The monoisotopic (exact) mass is 524 g/mol. The number of hydrogen-bond acceptors (Lipinski definition) is 9. The molecule has 0 unspecified atom stereocenters. The number of ketones is 2. The molecule has 0 aromatic carbocycles. The Hall–Kier alpha value is -2.04. The van der Waals surface area contributed by atoms with E-state index in [2.05, 4.69) is 0 Å². The van der Waals surface area contributed by atoms with Crippen LogP contribution in [-0.4, -0.2) is 62.4 Å². The molecule has 9 nitrogen and oxygen atoms in total. The lowest BCUT2D eigenvalue weighted by Crippen LogP contribution is -2.63. The number of allylic oxidation sites excluding steroid dienone is 4. The van der Waals surface area contributed by atoms with Crippen LogP contribution in [-0.2, 0) is 33.4 Å². The first-order chi connectivity index (χ1) is 16.7. The molecule has 1 N–H and O–H groups in total. The summed E-state index contributed by atoms with van der Waals surface area (Å²) in [4.78, 5) is 37.2. The fraction of sp³-hybridized carbons (Fsp3) is 0.731. The van der Waals surface area contributed by atoms with Crippen molar-refractivity contribution in [1.29, 1.82) is 0 Å². The Morgan fingerprint density at radius 3 is 2.56 bits per heavy atom. The molecule has 0 amide bonds. The summed E-state index contributed by atoms with van der Waals surface area (Å²) in [7, 11) is -3.87. The molecule has 0 heterocycles. The van der Waals surface area contributed by atoms with Gasteiger partial charge < -0.3 is 14.6 Å². The maximum Gasteiger partial charge on any atom is 0.508 e. The van der Waals surface area contributed by atoms with Crippen LogP contribution in [0, 0.1) is 34.5 Å². The number of Topliss-reactive ketones (excluding diaryl/α,β-unsaturated/α-hetero) is 1. The van der Waals surface area contributed by atoms with Crippen molar-refractivity contribution in [3.05, 3.63) is 23.8 Å². The molecular formula is C26H36O9S. The van der Waals surface area contributed by atoms with Gasteiger partial charge in [-0.25, -0.2) is 4.79 Å². The summed E-state index contributed by atoms with van der Waals surface area (Å²) in [6.45, 7) is 6.72. The number of carbonyl (C=O) groups excluding carboxylic acids is 3. The largest absolute Gasteiger partial charge is 0.508 e. The zero-order chi connectivity index (χ0) is 26.7. The van der Waals surface area contributed by atoms with E-state index in [9.17, 15) is 27.9 Å². The molecule has 10 heteroatoms. The van der Waals surface area contributed by atoms with Crippen molar-refractivity contribution in [2.75, 3.05) is 19.5 Å². The molecule has 4 aliphatic rings. The molecule has 4 aliphatic carbocycles. The Morgan fingerprint density at radius 2 is 1.92 bits per heavy atom. The molecule has 4 rings (SSSR count). The van der Waals surface area contributed by atoms with Crippen molar-refractivity contribution in [3.8, 4) is 0 Å². The van der Waals surface area contributed by atoms with Crippen LogP contribution in [0.15, 0.2) is 23.8 Å². The number of ether oxygens (including phenoxy) is 2. The third-order valence-corrected chi connectivity index (χ3v) is 9.96. The van der Waals surface area contributed by atoms with Gasteiger partial charge in [-0.2, -0.15) is 8.42 Å². The van der Waals surface area contributed by atoms with Gasteiger partial charge >= 0.3 is 6.16 Å². The van der Waals surface area contributed by atoms with Crippen LogP contribution in [0.3, 0.4) is 0 Å². The van der Waals surface area contributed by atoms with Gasteiger partial charge in [0.15, 0.2) is 12.4 Å². The predicted molar refractivity (Wildman–Crippen MR) is 129 cm³/mol. The van der Waals surface area contributed by atoms with E-state index in [4.69, 9.17) is 13.7 Å². The molecular weight excluding hydrogens is 488 g/mol. The molecule has 8 atom stereocenters. The quantitative estimate of drug-likeness (QED) is 0.411. The standard InChI is InChI=1S/C26H36O9S/c1-6-33-23(29)34-14-21(28)26(30)15(2)11-19-18-8-7-16-12-17(27)9-10-24(16,3)22(18)20(13-25(19,26)4)35-36(5,31)32/h9-10,12,15,18-20,22,30H,6-8,11,13-14H2,1-5H3/t15-,18-,19-,20+,22+,24-,25-,26-/m0/s1. The summed E-state index contributed by atoms with van der Waals surface area (Å²) in [6.07, 6.45) is 6.28. The number of fused-ring (bicyclic) bond motifs is 5. The summed E-state index contributed by atoms with van der Waals surface area (Å²) in [6, 6.07) is 0. The SMILES string of the molecule is CCOC(=O)OCC(=O)[C@@]1(O)[C@@H](C)C[C@H]2[C@@H]3CCC4=CC(=O)C=C[C@]4(C)[C@H]3[C@H](OS(C)(=O)=O)C[C@@]21C. The van der Waals surface area contributed by atoms with Crippen molar-refractivity contribution in [2.45, 2.75) is 65.1 Å². The number of carbonyl (C=O) groups is 3. The van der Waals surface area contributed by atoms with Crippen LogP contribution in [0.5, 0.6) is 0 Å². The van der Waals surface area contributed by atoms with Gasteiger partial charge in [-0.15, -0.1) is 0 Å². The highest BCUT2D eigenvalue weighted by molar-refractivity contribution is 7.86.